The molecule has 0 radical (unpaired) electrons. The number of aryl methyl sites for hydroxylation is 1. The minimum absolute atomic E-state index is 0.502. The summed E-state index contributed by atoms with van der Waals surface area (Å²) < 4.78 is 5.99. The molecule has 1 unspecified atom stereocenters. The van der Waals surface area contributed by atoms with Gasteiger partial charge in [-0.1, -0.05) is 18.2 Å². The topological polar surface area (TPSA) is 53.5 Å². The van der Waals surface area contributed by atoms with Crippen LogP contribution in [0.5, 0.6) is 5.75 Å². The molecule has 4 rings (SSSR count). The van der Waals surface area contributed by atoms with Crippen molar-refractivity contribution in [2.75, 3.05) is 45.1 Å². The first-order valence-corrected chi connectivity index (χ1v) is 10.3. The second kappa shape index (κ2) is 8.45. The third-order valence-corrected chi connectivity index (χ3v) is 5.92. The summed E-state index contributed by atoms with van der Waals surface area (Å²) in [5, 5.41) is 3.61. The Kier molecular flexibility index (Phi) is 5.78. The lowest BCUT2D eigenvalue weighted by molar-refractivity contribution is 0.116. The Bertz CT molecular complexity index is 817. The Labute approximate surface area is 167 Å². The Hall–Kier alpha value is -2.18. The molecule has 28 heavy (non-hydrogen) atoms. The quantitative estimate of drug-likeness (QED) is 0.859. The SMILES string of the molecule is Cc1nc2c(c(NCCC(C)N3CCN(C)CC3)n1)Cc1ccccc1OC2. The highest BCUT2D eigenvalue weighted by Gasteiger charge is 2.21. The fourth-order valence-corrected chi connectivity index (χ4v) is 4.08. The first kappa shape index (κ1) is 19.2. The van der Waals surface area contributed by atoms with Crippen molar-refractivity contribution in [1.29, 1.82) is 0 Å². The van der Waals surface area contributed by atoms with Crippen molar-refractivity contribution in [2.45, 2.75) is 39.3 Å². The normalized spacial score (nSPS) is 18.5. The lowest BCUT2D eigenvalue weighted by Crippen LogP contribution is -2.48. The lowest BCUT2D eigenvalue weighted by atomic mass is 10.0. The largest absolute Gasteiger partial charge is 0.487 e. The van der Waals surface area contributed by atoms with Gasteiger partial charge in [-0.25, -0.2) is 9.97 Å². The Balaban J connectivity index is 1.43. The molecule has 0 spiro atoms. The number of piperazine rings is 1. The molecule has 1 fully saturated rings. The van der Waals surface area contributed by atoms with Crippen LogP contribution in [0.3, 0.4) is 0 Å². The standard InChI is InChI=1S/C22H31N5O/c1-16(27-12-10-26(3)11-13-27)8-9-23-22-19-14-18-6-4-5-7-21(18)28-15-20(19)24-17(2)25-22/h4-7,16H,8-15H2,1-3H3,(H,23,24,25). The Morgan fingerprint density at radius 3 is 2.75 bits per heavy atom. The van der Waals surface area contributed by atoms with Gasteiger partial charge in [-0.15, -0.1) is 0 Å². The van der Waals surface area contributed by atoms with Crippen LogP contribution in [-0.4, -0.2) is 65.6 Å². The van der Waals surface area contributed by atoms with E-state index in [1.54, 1.807) is 0 Å². The molecule has 6 heteroatoms. The molecule has 0 bridgehead atoms. The molecule has 6 nitrogen and oxygen atoms in total. The maximum atomic E-state index is 5.99. The van der Waals surface area contributed by atoms with Gasteiger partial charge in [0.25, 0.3) is 0 Å². The summed E-state index contributed by atoms with van der Waals surface area (Å²) >= 11 is 0. The van der Waals surface area contributed by atoms with Gasteiger partial charge in [-0.3, -0.25) is 4.90 Å². The molecule has 0 saturated carbocycles. The van der Waals surface area contributed by atoms with E-state index in [1.165, 1.54) is 11.1 Å². The van der Waals surface area contributed by atoms with E-state index in [0.717, 1.165) is 68.7 Å². The van der Waals surface area contributed by atoms with Gasteiger partial charge in [0.15, 0.2) is 0 Å². The molecular formula is C22H31N5O. The van der Waals surface area contributed by atoms with Crippen LogP contribution < -0.4 is 10.1 Å². The summed E-state index contributed by atoms with van der Waals surface area (Å²) in [5.74, 6) is 2.71. The summed E-state index contributed by atoms with van der Waals surface area (Å²) in [6.45, 7) is 10.4. The van der Waals surface area contributed by atoms with E-state index in [4.69, 9.17) is 9.72 Å². The van der Waals surface area contributed by atoms with Gasteiger partial charge < -0.3 is 15.0 Å². The van der Waals surface area contributed by atoms with Crippen molar-refractivity contribution in [1.82, 2.24) is 19.8 Å². The number of aromatic nitrogens is 2. The molecule has 1 N–H and O–H groups in total. The first-order valence-electron chi connectivity index (χ1n) is 10.3. The highest BCUT2D eigenvalue weighted by atomic mass is 16.5. The van der Waals surface area contributed by atoms with Crippen molar-refractivity contribution >= 4 is 5.82 Å². The Morgan fingerprint density at radius 1 is 1.14 bits per heavy atom. The van der Waals surface area contributed by atoms with Gasteiger partial charge in [0.1, 0.15) is 24.0 Å². The molecule has 3 heterocycles. The van der Waals surface area contributed by atoms with Crippen LogP contribution in [0.2, 0.25) is 0 Å². The first-order chi connectivity index (χ1) is 13.6. The number of anilines is 1. The molecule has 2 aromatic rings. The minimum atomic E-state index is 0.502. The third-order valence-electron chi connectivity index (χ3n) is 5.92. The average Bonchev–Trinajstić information content (AvgIpc) is 2.88. The van der Waals surface area contributed by atoms with Gasteiger partial charge in [0, 0.05) is 50.7 Å². The van der Waals surface area contributed by atoms with E-state index in [2.05, 4.69) is 46.2 Å². The number of hydrogen-bond donors (Lipinski definition) is 1. The predicted octanol–water partition coefficient (Wildman–Crippen LogP) is 2.71. The third kappa shape index (κ3) is 4.28. The predicted molar refractivity (Wildman–Crippen MR) is 112 cm³/mol. The molecule has 1 saturated heterocycles. The number of nitrogens with one attached hydrogen (secondary N) is 1. The van der Waals surface area contributed by atoms with Crippen molar-refractivity contribution < 1.29 is 4.74 Å². The molecule has 0 aliphatic carbocycles. The number of benzene rings is 1. The molecule has 0 amide bonds. The second-order valence-corrected chi connectivity index (χ2v) is 8.02. The summed E-state index contributed by atoms with van der Waals surface area (Å²) in [4.78, 5) is 14.4. The summed E-state index contributed by atoms with van der Waals surface area (Å²) in [5.41, 5.74) is 3.36. The highest BCUT2D eigenvalue weighted by molar-refractivity contribution is 5.52. The number of likely N-dealkylation sites (N-methyl/N-ethyl adjacent to an activating group) is 1. The van der Waals surface area contributed by atoms with Crippen LogP contribution in [0.25, 0.3) is 0 Å². The molecule has 2 aliphatic heterocycles. The van der Waals surface area contributed by atoms with Crippen LogP contribution in [-0.2, 0) is 13.0 Å². The van der Waals surface area contributed by atoms with Gasteiger partial charge in [0.2, 0.25) is 0 Å². The highest BCUT2D eigenvalue weighted by Crippen LogP contribution is 2.30. The van der Waals surface area contributed by atoms with Crippen LogP contribution in [0.15, 0.2) is 24.3 Å². The van der Waals surface area contributed by atoms with Crippen LogP contribution in [0, 0.1) is 6.92 Å². The maximum Gasteiger partial charge on any atom is 0.133 e. The summed E-state index contributed by atoms with van der Waals surface area (Å²) in [7, 11) is 2.20. The lowest BCUT2D eigenvalue weighted by Gasteiger charge is -2.36. The number of fused-ring (bicyclic) bond motifs is 2. The Morgan fingerprint density at radius 2 is 1.93 bits per heavy atom. The number of hydrogen-bond acceptors (Lipinski definition) is 6. The van der Waals surface area contributed by atoms with Crippen LogP contribution >= 0.6 is 0 Å². The van der Waals surface area contributed by atoms with E-state index in [9.17, 15) is 0 Å². The van der Waals surface area contributed by atoms with Gasteiger partial charge >= 0.3 is 0 Å². The van der Waals surface area contributed by atoms with Crippen molar-refractivity contribution in [3.8, 4) is 5.75 Å². The van der Waals surface area contributed by atoms with E-state index in [0.29, 0.717) is 12.6 Å². The minimum Gasteiger partial charge on any atom is -0.487 e. The molecule has 1 atom stereocenters. The van der Waals surface area contributed by atoms with Crippen LogP contribution in [0.4, 0.5) is 5.82 Å². The number of rotatable bonds is 5. The van der Waals surface area contributed by atoms with Gasteiger partial charge in [0.05, 0.1) is 5.69 Å². The van der Waals surface area contributed by atoms with Gasteiger partial charge in [-0.2, -0.15) is 0 Å². The van der Waals surface area contributed by atoms with E-state index >= 15 is 0 Å². The van der Waals surface area contributed by atoms with Crippen molar-refractivity contribution in [3.05, 3.63) is 46.9 Å². The summed E-state index contributed by atoms with van der Waals surface area (Å²) in [6.07, 6.45) is 1.91. The number of para-hydroxylation sites is 1. The molecule has 1 aromatic heterocycles. The zero-order valence-electron chi connectivity index (χ0n) is 17.2. The van der Waals surface area contributed by atoms with Crippen LogP contribution in [0.1, 0.15) is 36.0 Å². The molecule has 2 aliphatic rings. The molecule has 150 valence electrons. The fourth-order valence-electron chi connectivity index (χ4n) is 4.08. The van der Waals surface area contributed by atoms with E-state index < -0.39 is 0 Å². The second-order valence-electron chi connectivity index (χ2n) is 8.02. The zero-order chi connectivity index (χ0) is 19.5. The number of ether oxygens (including phenoxy) is 1. The summed E-state index contributed by atoms with van der Waals surface area (Å²) in [6, 6.07) is 8.82. The smallest absolute Gasteiger partial charge is 0.133 e. The average molecular weight is 382 g/mol. The van der Waals surface area contributed by atoms with E-state index in [-0.39, 0.29) is 0 Å². The maximum absolute atomic E-state index is 5.99. The fraction of sp³-hybridized carbons (Fsp3) is 0.545. The molecular weight excluding hydrogens is 350 g/mol. The number of nitrogens with zero attached hydrogens (tertiary/aromatic N) is 4. The monoisotopic (exact) mass is 381 g/mol. The molecule has 1 aromatic carbocycles. The van der Waals surface area contributed by atoms with Gasteiger partial charge in [-0.05, 0) is 38.9 Å². The van der Waals surface area contributed by atoms with E-state index in [1.807, 2.05) is 19.1 Å². The van der Waals surface area contributed by atoms with Crippen molar-refractivity contribution in [2.24, 2.45) is 0 Å². The van der Waals surface area contributed by atoms with Crippen molar-refractivity contribution in [3.63, 3.8) is 0 Å². The zero-order valence-corrected chi connectivity index (χ0v) is 17.2.